The monoisotopic (exact) mass is 483 g/mol. The summed E-state index contributed by atoms with van der Waals surface area (Å²) in [5, 5.41) is 16.9. The minimum Gasteiger partial charge on any atom is -0.381 e. The van der Waals surface area contributed by atoms with Crippen molar-refractivity contribution in [3.63, 3.8) is 0 Å². The number of aliphatic hydroxyl groups excluding tert-OH is 1. The summed E-state index contributed by atoms with van der Waals surface area (Å²) in [5.41, 5.74) is 1.73. The second-order valence-corrected chi connectivity index (χ2v) is 10.6. The lowest BCUT2D eigenvalue weighted by molar-refractivity contribution is -0.146. The molecule has 7 nitrogen and oxygen atoms in total. The van der Waals surface area contributed by atoms with Crippen LogP contribution in [0.1, 0.15) is 42.3 Å². The molecular formula is C26H33N3O4S. The number of carbonyl (C=O) groups excluding carboxylic acids is 3. The minimum absolute atomic E-state index is 0.249. The van der Waals surface area contributed by atoms with Crippen LogP contribution < -0.4 is 10.6 Å². The molecule has 3 atom stereocenters. The Morgan fingerprint density at radius 1 is 1.09 bits per heavy atom. The molecule has 34 heavy (non-hydrogen) atoms. The summed E-state index contributed by atoms with van der Waals surface area (Å²) in [4.78, 5) is 40.6. The predicted molar refractivity (Wildman–Crippen MR) is 134 cm³/mol. The maximum Gasteiger partial charge on any atom is 0.254 e. The Labute approximate surface area is 205 Å². The van der Waals surface area contributed by atoms with Crippen molar-refractivity contribution in [2.75, 3.05) is 11.6 Å². The van der Waals surface area contributed by atoms with E-state index in [2.05, 4.69) is 10.6 Å². The van der Waals surface area contributed by atoms with Gasteiger partial charge in [0.15, 0.2) is 6.10 Å². The molecule has 0 radical (unpaired) electrons. The minimum atomic E-state index is -1.50. The van der Waals surface area contributed by atoms with Crippen LogP contribution in [0.5, 0.6) is 0 Å². The van der Waals surface area contributed by atoms with Crippen LogP contribution in [0.2, 0.25) is 0 Å². The van der Waals surface area contributed by atoms with Crippen molar-refractivity contribution in [3.05, 3.63) is 71.3 Å². The molecule has 0 spiro atoms. The van der Waals surface area contributed by atoms with Crippen molar-refractivity contribution in [1.29, 1.82) is 0 Å². The number of rotatable bonds is 7. The third-order valence-corrected chi connectivity index (χ3v) is 6.62. The molecule has 1 aliphatic rings. The normalized spacial score (nSPS) is 17.7. The lowest BCUT2D eigenvalue weighted by atomic mass is 9.98. The van der Waals surface area contributed by atoms with Crippen LogP contribution in [0.3, 0.4) is 0 Å². The van der Waals surface area contributed by atoms with E-state index in [4.69, 9.17) is 0 Å². The second-order valence-electron chi connectivity index (χ2n) is 9.59. The molecule has 1 aliphatic heterocycles. The molecule has 0 bridgehead atoms. The number of hydrogen-bond donors (Lipinski definition) is 3. The molecule has 1 heterocycles. The van der Waals surface area contributed by atoms with E-state index >= 15 is 0 Å². The number of aryl methyl sites for hydroxylation is 1. The number of carbonyl (C=O) groups is 3. The van der Waals surface area contributed by atoms with Crippen molar-refractivity contribution >= 4 is 29.5 Å². The first-order chi connectivity index (χ1) is 16.1. The molecule has 0 aromatic heterocycles. The van der Waals surface area contributed by atoms with Gasteiger partial charge in [-0.1, -0.05) is 48.5 Å². The fourth-order valence-corrected chi connectivity index (χ4v) is 5.02. The SMILES string of the molecule is Cc1ccccc1C(=O)N[C@@H](Cc1ccccc1)[C@H](O)C(=O)N1CSC[C@H]1C(=O)NC(C)(C)C. The van der Waals surface area contributed by atoms with E-state index in [0.29, 0.717) is 17.2 Å². The molecule has 3 rings (SSSR count). The molecule has 2 aromatic rings. The second kappa shape index (κ2) is 11.1. The molecule has 0 saturated carbocycles. The molecule has 1 saturated heterocycles. The van der Waals surface area contributed by atoms with Crippen molar-refractivity contribution < 1.29 is 19.5 Å². The van der Waals surface area contributed by atoms with Gasteiger partial charge in [0.25, 0.3) is 11.8 Å². The molecule has 3 N–H and O–H groups in total. The zero-order valence-electron chi connectivity index (χ0n) is 20.1. The summed E-state index contributed by atoms with van der Waals surface area (Å²) in [7, 11) is 0. The Morgan fingerprint density at radius 3 is 2.38 bits per heavy atom. The highest BCUT2D eigenvalue weighted by molar-refractivity contribution is 7.99. The quantitative estimate of drug-likeness (QED) is 0.562. The predicted octanol–water partition coefficient (Wildman–Crippen LogP) is 2.51. The van der Waals surface area contributed by atoms with E-state index < -0.39 is 29.6 Å². The smallest absolute Gasteiger partial charge is 0.254 e. The number of aliphatic hydroxyl groups is 1. The van der Waals surface area contributed by atoms with Gasteiger partial charge in [-0.05, 0) is 51.3 Å². The van der Waals surface area contributed by atoms with Gasteiger partial charge in [0.05, 0.1) is 11.9 Å². The van der Waals surface area contributed by atoms with Crippen LogP contribution in [0.25, 0.3) is 0 Å². The maximum absolute atomic E-state index is 13.4. The van der Waals surface area contributed by atoms with Crippen molar-refractivity contribution in [3.8, 4) is 0 Å². The van der Waals surface area contributed by atoms with Crippen LogP contribution in [0, 0.1) is 6.92 Å². The number of thioether (sulfide) groups is 1. The Balaban J connectivity index is 1.81. The molecule has 182 valence electrons. The topological polar surface area (TPSA) is 98.7 Å². The van der Waals surface area contributed by atoms with Crippen molar-refractivity contribution in [1.82, 2.24) is 15.5 Å². The van der Waals surface area contributed by atoms with E-state index in [1.165, 1.54) is 16.7 Å². The van der Waals surface area contributed by atoms with E-state index in [-0.39, 0.29) is 18.2 Å². The van der Waals surface area contributed by atoms with E-state index in [1.807, 2.05) is 70.2 Å². The summed E-state index contributed by atoms with van der Waals surface area (Å²) in [6, 6.07) is 15.0. The average Bonchev–Trinajstić information content (AvgIpc) is 3.27. The number of hydrogen-bond acceptors (Lipinski definition) is 5. The Kier molecular flexibility index (Phi) is 8.38. The zero-order chi connectivity index (χ0) is 24.9. The maximum atomic E-state index is 13.4. The summed E-state index contributed by atoms with van der Waals surface area (Å²) in [6.45, 7) is 7.48. The van der Waals surface area contributed by atoms with Gasteiger partial charge >= 0.3 is 0 Å². The van der Waals surface area contributed by atoms with Gasteiger partial charge in [-0.25, -0.2) is 0 Å². The number of nitrogens with zero attached hydrogens (tertiary/aromatic N) is 1. The summed E-state index contributed by atoms with van der Waals surface area (Å²) in [6.07, 6.45) is -1.23. The molecule has 8 heteroatoms. The number of nitrogens with one attached hydrogen (secondary N) is 2. The van der Waals surface area contributed by atoms with Crippen molar-refractivity contribution in [2.24, 2.45) is 0 Å². The molecule has 0 unspecified atom stereocenters. The van der Waals surface area contributed by atoms with Gasteiger partial charge < -0.3 is 20.6 Å². The highest BCUT2D eigenvalue weighted by Crippen LogP contribution is 2.24. The first-order valence-electron chi connectivity index (χ1n) is 11.4. The summed E-state index contributed by atoms with van der Waals surface area (Å²) >= 11 is 1.46. The average molecular weight is 484 g/mol. The number of benzene rings is 2. The first-order valence-corrected chi connectivity index (χ1v) is 12.5. The van der Waals surface area contributed by atoms with E-state index in [0.717, 1.165) is 11.1 Å². The van der Waals surface area contributed by atoms with Gasteiger partial charge in [-0.15, -0.1) is 11.8 Å². The molecule has 3 amide bonds. The standard InChI is InChI=1S/C26H33N3O4S/c1-17-10-8-9-13-19(17)23(31)27-20(14-18-11-6-5-7-12-18)22(30)25(33)29-16-34-15-21(29)24(32)28-26(2,3)4/h5-13,20-22,30H,14-16H2,1-4H3,(H,27,31)(H,28,32)/t20-,21-,22-/m0/s1. The fourth-order valence-electron chi connectivity index (χ4n) is 3.86. The van der Waals surface area contributed by atoms with Crippen LogP contribution in [0.4, 0.5) is 0 Å². The lowest BCUT2D eigenvalue weighted by Crippen LogP contribution is -2.57. The molecule has 0 aliphatic carbocycles. The van der Waals surface area contributed by atoms with Crippen LogP contribution in [0.15, 0.2) is 54.6 Å². The highest BCUT2D eigenvalue weighted by Gasteiger charge is 2.40. The Hall–Kier alpha value is -2.84. The largest absolute Gasteiger partial charge is 0.381 e. The van der Waals surface area contributed by atoms with Crippen molar-refractivity contribution in [2.45, 2.75) is 57.8 Å². The lowest BCUT2D eigenvalue weighted by Gasteiger charge is -2.31. The van der Waals surface area contributed by atoms with Crippen LogP contribution >= 0.6 is 11.8 Å². The van der Waals surface area contributed by atoms with Gasteiger partial charge in [0.2, 0.25) is 5.91 Å². The molecule has 1 fully saturated rings. The third-order valence-electron chi connectivity index (χ3n) is 5.61. The van der Waals surface area contributed by atoms with Gasteiger partial charge in [0.1, 0.15) is 6.04 Å². The first kappa shape index (κ1) is 25.8. The van der Waals surface area contributed by atoms with Gasteiger partial charge in [-0.3, -0.25) is 14.4 Å². The molecule has 2 aromatic carbocycles. The molecular weight excluding hydrogens is 450 g/mol. The highest BCUT2D eigenvalue weighted by atomic mass is 32.2. The van der Waals surface area contributed by atoms with E-state index in [9.17, 15) is 19.5 Å². The third kappa shape index (κ3) is 6.61. The summed E-state index contributed by atoms with van der Waals surface area (Å²) in [5.74, 6) is -0.406. The van der Waals surface area contributed by atoms with Crippen LogP contribution in [-0.4, -0.2) is 63.1 Å². The van der Waals surface area contributed by atoms with Gasteiger partial charge in [-0.2, -0.15) is 0 Å². The van der Waals surface area contributed by atoms with E-state index in [1.54, 1.807) is 12.1 Å². The number of amides is 3. The fraction of sp³-hybridized carbons (Fsp3) is 0.423. The Bertz CT molecular complexity index is 1020. The van der Waals surface area contributed by atoms with Gasteiger partial charge in [0, 0.05) is 16.9 Å². The Morgan fingerprint density at radius 2 is 1.74 bits per heavy atom. The zero-order valence-corrected chi connectivity index (χ0v) is 20.9. The summed E-state index contributed by atoms with van der Waals surface area (Å²) < 4.78 is 0. The van der Waals surface area contributed by atoms with Crippen LogP contribution in [-0.2, 0) is 16.0 Å².